The van der Waals surface area contributed by atoms with Crippen molar-refractivity contribution in [1.29, 1.82) is 0 Å². The summed E-state index contributed by atoms with van der Waals surface area (Å²) in [5, 5.41) is 2.51. The lowest BCUT2D eigenvalue weighted by molar-refractivity contribution is -0.644. The van der Waals surface area contributed by atoms with Crippen LogP contribution < -0.4 is 28.5 Å². The van der Waals surface area contributed by atoms with Gasteiger partial charge < -0.3 is 24.0 Å². The first kappa shape index (κ1) is 11.3. The van der Waals surface area contributed by atoms with Gasteiger partial charge in [0.25, 0.3) is 0 Å². The maximum Gasteiger partial charge on any atom is 0.238 e. The van der Waals surface area contributed by atoms with E-state index in [-0.39, 0.29) is 24.0 Å². The van der Waals surface area contributed by atoms with Crippen molar-refractivity contribution in [2.45, 2.75) is 0 Å². The van der Waals surface area contributed by atoms with Gasteiger partial charge in [0, 0.05) is 0 Å². The normalized spacial score (nSPS) is 10.3. The molecule has 0 N–H and O–H groups in total. The van der Waals surface area contributed by atoms with Gasteiger partial charge in [-0.25, -0.2) is 4.98 Å². The molecule has 3 rings (SSSR count). The molecule has 0 saturated heterocycles. The molecule has 0 saturated carbocycles. The van der Waals surface area contributed by atoms with Gasteiger partial charge >= 0.3 is 0 Å². The van der Waals surface area contributed by atoms with Gasteiger partial charge in [0.2, 0.25) is 5.52 Å². The number of rotatable bonds is 0. The van der Waals surface area contributed by atoms with E-state index in [0.29, 0.717) is 0 Å². The number of hydrogen-bond donors (Lipinski definition) is 0. The fourth-order valence-corrected chi connectivity index (χ4v) is 2.01. The molecule has 0 bridgehead atoms. The molecule has 3 aromatic rings. The molecule has 0 spiro atoms. The van der Waals surface area contributed by atoms with Gasteiger partial charge in [-0.05, 0) is 17.5 Å². The predicted molar refractivity (Wildman–Crippen MR) is 60.4 cm³/mol. The summed E-state index contributed by atoms with van der Waals surface area (Å²) in [6, 6.07) is 12.6. The molecule has 0 aliphatic heterocycles. The summed E-state index contributed by atoms with van der Waals surface area (Å²) >= 11 is 0. The summed E-state index contributed by atoms with van der Waals surface area (Å²) in [5.41, 5.74) is 2.23. The van der Waals surface area contributed by atoms with Crippen LogP contribution in [-0.2, 0) is 7.05 Å². The van der Waals surface area contributed by atoms with Gasteiger partial charge in [-0.15, -0.1) is 0 Å². The van der Waals surface area contributed by atoms with Crippen LogP contribution >= 0.6 is 0 Å². The molecule has 1 heterocycles. The SMILES string of the molecule is C[n+]1ccnc2ccc3ccccc3c21.[I-]. The standard InChI is InChI=1S/C13H11N2.HI/c1-15-9-8-14-12-7-6-10-4-2-3-5-11(10)13(12)15;/h2-9H,1H3;1H/q+1;/p-1. The topological polar surface area (TPSA) is 16.8 Å². The molecule has 80 valence electrons. The van der Waals surface area contributed by atoms with Crippen LogP contribution in [0.5, 0.6) is 0 Å². The minimum atomic E-state index is 0. The van der Waals surface area contributed by atoms with Gasteiger partial charge in [-0.1, -0.05) is 24.3 Å². The number of aromatic nitrogens is 2. The summed E-state index contributed by atoms with van der Waals surface area (Å²) in [5.74, 6) is 0. The highest BCUT2D eigenvalue weighted by atomic mass is 127. The Hall–Kier alpha value is -1.23. The van der Waals surface area contributed by atoms with E-state index in [1.165, 1.54) is 16.3 Å². The lowest BCUT2D eigenvalue weighted by Gasteiger charge is -2.00. The zero-order chi connectivity index (χ0) is 10.3. The molecule has 0 unspecified atom stereocenters. The lowest BCUT2D eigenvalue weighted by Crippen LogP contribution is -3.00. The minimum Gasteiger partial charge on any atom is -1.00 e. The number of hydrogen-bond acceptors (Lipinski definition) is 1. The summed E-state index contributed by atoms with van der Waals surface area (Å²) in [7, 11) is 2.05. The van der Waals surface area contributed by atoms with Crippen LogP contribution in [0.2, 0.25) is 0 Å². The maximum absolute atomic E-state index is 4.37. The second kappa shape index (κ2) is 4.33. The molecule has 2 nitrogen and oxygen atoms in total. The first-order valence-electron chi connectivity index (χ1n) is 4.98. The van der Waals surface area contributed by atoms with E-state index in [9.17, 15) is 0 Å². The number of benzene rings is 2. The highest BCUT2D eigenvalue weighted by Crippen LogP contribution is 2.20. The van der Waals surface area contributed by atoms with Crippen molar-refractivity contribution in [1.82, 2.24) is 4.98 Å². The Morgan fingerprint density at radius 3 is 2.75 bits per heavy atom. The fourth-order valence-electron chi connectivity index (χ4n) is 2.01. The predicted octanol–water partition coefficient (Wildman–Crippen LogP) is -0.784. The smallest absolute Gasteiger partial charge is 0.238 e. The Kier molecular flexibility index (Phi) is 3.05. The van der Waals surface area contributed by atoms with E-state index < -0.39 is 0 Å². The molecule has 0 amide bonds. The van der Waals surface area contributed by atoms with Crippen molar-refractivity contribution in [3.05, 3.63) is 48.8 Å². The monoisotopic (exact) mass is 322 g/mol. The van der Waals surface area contributed by atoms with Crippen LogP contribution in [0.15, 0.2) is 48.8 Å². The summed E-state index contributed by atoms with van der Waals surface area (Å²) in [4.78, 5) is 4.37. The molecule has 0 radical (unpaired) electrons. The van der Waals surface area contributed by atoms with Crippen molar-refractivity contribution in [2.24, 2.45) is 7.05 Å². The molecule has 0 atom stereocenters. The van der Waals surface area contributed by atoms with Crippen LogP contribution in [0.25, 0.3) is 21.8 Å². The van der Waals surface area contributed by atoms with Gasteiger partial charge in [0.1, 0.15) is 12.6 Å². The molecule has 0 aliphatic carbocycles. The number of fused-ring (bicyclic) bond motifs is 3. The molecule has 0 aliphatic rings. The van der Waals surface area contributed by atoms with Crippen molar-refractivity contribution < 1.29 is 28.5 Å². The van der Waals surface area contributed by atoms with Crippen LogP contribution in [0.3, 0.4) is 0 Å². The van der Waals surface area contributed by atoms with Crippen LogP contribution in [0.1, 0.15) is 0 Å². The second-order valence-corrected chi connectivity index (χ2v) is 3.69. The van der Waals surface area contributed by atoms with E-state index in [0.717, 1.165) is 5.52 Å². The van der Waals surface area contributed by atoms with Gasteiger partial charge in [-0.2, -0.15) is 4.57 Å². The van der Waals surface area contributed by atoms with Crippen LogP contribution in [0.4, 0.5) is 0 Å². The average Bonchev–Trinajstić information content (AvgIpc) is 2.29. The highest BCUT2D eigenvalue weighted by Gasteiger charge is 2.09. The van der Waals surface area contributed by atoms with Crippen molar-refractivity contribution >= 4 is 21.8 Å². The molecule has 0 fully saturated rings. The van der Waals surface area contributed by atoms with Crippen LogP contribution in [0, 0.1) is 0 Å². The lowest BCUT2D eigenvalue weighted by atomic mass is 10.1. The molecule has 16 heavy (non-hydrogen) atoms. The molecular formula is C13H11IN2. The molecule has 2 aromatic carbocycles. The summed E-state index contributed by atoms with van der Waals surface area (Å²) in [6.07, 6.45) is 3.81. The Morgan fingerprint density at radius 2 is 1.88 bits per heavy atom. The van der Waals surface area contributed by atoms with Crippen molar-refractivity contribution in [3.63, 3.8) is 0 Å². The first-order chi connectivity index (χ1) is 7.36. The first-order valence-corrected chi connectivity index (χ1v) is 4.98. The molecule has 1 aromatic heterocycles. The quantitative estimate of drug-likeness (QED) is 0.301. The molecule has 3 heteroatoms. The fraction of sp³-hybridized carbons (Fsp3) is 0.0769. The van der Waals surface area contributed by atoms with E-state index in [2.05, 4.69) is 53.0 Å². The number of halogens is 1. The van der Waals surface area contributed by atoms with E-state index >= 15 is 0 Å². The Balaban J connectivity index is 0.000000963. The summed E-state index contributed by atoms with van der Waals surface area (Å²) in [6.45, 7) is 0. The third kappa shape index (κ3) is 1.65. The average molecular weight is 322 g/mol. The third-order valence-electron chi connectivity index (χ3n) is 2.74. The van der Waals surface area contributed by atoms with Gasteiger partial charge in [0.15, 0.2) is 6.20 Å². The van der Waals surface area contributed by atoms with Crippen LogP contribution in [-0.4, -0.2) is 4.98 Å². The highest BCUT2D eigenvalue weighted by molar-refractivity contribution is 6.01. The van der Waals surface area contributed by atoms with E-state index in [1.807, 2.05) is 12.4 Å². The van der Waals surface area contributed by atoms with Gasteiger partial charge in [0.05, 0.1) is 11.6 Å². The summed E-state index contributed by atoms with van der Waals surface area (Å²) < 4.78 is 2.12. The number of aryl methyl sites for hydroxylation is 1. The maximum atomic E-state index is 4.37. The minimum absolute atomic E-state index is 0. The zero-order valence-electron chi connectivity index (χ0n) is 8.89. The third-order valence-corrected chi connectivity index (χ3v) is 2.74. The number of nitrogens with zero attached hydrogens (tertiary/aromatic N) is 2. The van der Waals surface area contributed by atoms with E-state index in [1.54, 1.807) is 0 Å². The largest absolute Gasteiger partial charge is 1.00 e. The Bertz CT molecular complexity index is 650. The molecular weight excluding hydrogens is 311 g/mol. The van der Waals surface area contributed by atoms with E-state index in [4.69, 9.17) is 0 Å². The second-order valence-electron chi connectivity index (χ2n) is 3.69. The van der Waals surface area contributed by atoms with Crippen molar-refractivity contribution in [3.8, 4) is 0 Å². The van der Waals surface area contributed by atoms with Crippen molar-refractivity contribution in [2.75, 3.05) is 0 Å². The zero-order valence-corrected chi connectivity index (χ0v) is 11.0. The Labute approximate surface area is 111 Å². The van der Waals surface area contributed by atoms with Gasteiger partial charge in [-0.3, -0.25) is 0 Å². The Morgan fingerprint density at radius 1 is 1.06 bits per heavy atom.